The maximum Gasteiger partial charge on any atom is 0.277 e. The van der Waals surface area contributed by atoms with Gasteiger partial charge in [-0.05, 0) is 23.8 Å². The summed E-state index contributed by atoms with van der Waals surface area (Å²) in [6, 6.07) is 26.5. The predicted octanol–water partition coefficient (Wildman–Crippen LogP) is 4.84. The van der Waals surface area contributed by atoms with Crippen molar-refractivity contribution in [1.82, 2.24) is 30.2 Å². The fourth-order valence-corrected chi connectivity index (χ4v) is 4.35. The molecule has 0 atom stereocenters. The van der Waals surface area contributed by atoms with Crippen molar-refractivity contribution >= 4 is 22.5 Å². The Labute approximate surface area is 208 Å². The van der Waals surface area contributed by atoms with Crippen LogP contribution >= 0.6 is 11.8 Å². The highest BCUT2D eigenvalue weighted by atomic mass is 32.2. The van der Waals surface area contributed by atoms with Crippen LogP contribution in [0.25, 0.3) is 33.8 Å². The van der Waals surface area contributed by atoms with E-state index in [-0.39, 0.29) is 11.4 Å². The van der Waals surface area contributed by atoms with E-state index >= 15 is 0 Å². The molecule has 0 spiro atoms. The summed E-state index contributed by atoms with van der Waals surface area (Å²) in [5.74, 6) is 1.49. The number of aromatic nitrogens is 6. The largest absolute Gasteiger partial charge is 0.420 e. The summed E-state index contributed by atoms with van der Waals surface area (Å²) >= 11 is 1.28. The second-order valence-corrected chi connectivity index (χ2v) is 8.80. The smallest absolute Gasteiger partial charge is 0.277 e. The van der Waals surface area contributed by atoms with Crippen molar-refractivity contribution in [3.8, 4) is 23.0 Å². The standard InChI is InChI=1S/C26H18N6O3S/c33-25-20-14-8-7-13-19(20)22(31-32(25)15-17-9-3-1-4-10-17)24-29-30-26(35-24)36-16-21-27-28-23(34-21)18-11-5-2-6-12-18/h1-14H,15-16H2. The highest BCUT2D eigenvalue weighted by Gasteiger charge is 2.18. The molecule has 0 aliphatic rings. The summed E-state index contributed by atoms with van der Waals surface area (Å²) in [4.78, 5) is 13.1. The van der Waals surface area contributed by atoms with Crippen molar-refractivity contribution in [2.24, 2.45) is 0 Å². The van der Waals surface area contributed by atoms with Crippen molar-refractivity contribution in [3.05, 3.63) is 107 Å². The first kappa shape index (κ1) is 21.9. The lowest BCUT2D eigenvalue weighted by atomic mass is 10.1. The zero-order valence-corrected chi connectivity index (χ0v) is 19.6. The van der Waals surface area contributed by atoms with Crippen molar-refractivity contribution in [2.45, 2.75) is 17.5 Å². The summed E-state index contributed by atoms with van der Waals surface area (Å²) in [6.07, 6.45) is 0. The predicted molar refractivity (Wildman–Crippen MR) is 134 cm³/mol. The third-order valence-electron chi connectivity index (χ3n) is 5.46. The summed E-state index contributed by atoms with van der Waals surface area (Å²) in [5, 5.41) is 22.6. The van der Waals surface area contributed by atoms with Crippen molar-refractivity contribution in [2.75, 3.05) is 0 Å². The molecule has 6 rings (SSSR count). The highest BCUT2D eigenvalue weighted by molar-refractivity contribution is 7.98. The van der Waals surface area contributed by atoms with Crippen LogP contribution in [-0.4, -0.2) is 30.2 Å². The van der Waals surface area contributed by atoms with Gasteiger partial charge in [-0.15, -0.1) is 20.4 Å². The minimum Gasteiger partial charge on any atom is -0.420 e. The molecule has 0 aliphatic heterocycles. The van der Waals surface area contributed by atoms with Crippen LogP contribution in [-0.2, 0) is 12.3 Å². The van der Waals surface area contributed by atoms with E-state index in [0.717, 1.165) is 11.1 Å². The Balaban J connectivity index is 1.27. The number of hydrogen-bond donors (Lipinski definition) is 0. The fraction of sp³-hybridized carbons (Fsp3) is 0.0769. The quantitative estimate of drug-likeness (QED) is 0.288. The molecule has 0 fully saturated rings. The van der Waals surface area contributed by atoms with Gasteiger partial charge < -0.3 is 8.83 Å². The lowest BCUT2D eigenvalue weighted by molar-refractivity contribution is 0.461. The molecule has 9 nitrogen and oxygen atoms in total. The monoisotopic (exact) mass is 494 g/mol. The van der Waals surface area contributed by atoms with Crippen LogP contribution in [0.4, 0.5) is 0 Å². The topological polar surface area (TPSA) is 113 Å². The number of benzene rings is 3. The molecule has 0 N–H and O–H groups in total. The van der Waals surface area contributed by atoms with Crippen molar-refractivity contribution in [3.63, 3.8) is 0 Å². The Morgan fingerprint density at radius 2 is 1.42 bits per heavy atom. The van der Waals surface area contributed by atoms with E-state index in [1.165, 1.54) is 16.4 Å². The molecule has 0 saturated carbocycles. The minimum atomic E-state index is -0.182. The highest BCUT2D eigenvalue weighted by Crippen LogP contribution is 2.28. The second kappa shape index (κ2) is 9.59. The van der Waals surface area contributed by atoms with Crippen LogP contribution in [0.2, 0.25) is 0 Å². The molecule has 3 aromatic heterocycles. The number of fused-ring (bicyclic) bond motifs is 1. The normalized spacial score (nSPS) is 11.2. The molecular formula is C26H18N6O3S. The van der Waals surface area contributed by atoms with E-state index in [2.05, 4.69) is 25.5 Å². The third-order valence-corrected chi connectivity index (χ3v) is 6.26. The first-order chi connectivity index (χ1) is 17.7. The molecule has 3 aromatic carbocycles. The molecule has 3 heterocycles. The minimum absolute atomic E-state index is 0.182. The van der Waals surface area contributed by atoms with Gasteiger partial charge in [0, 0.05) is 10.9 Å². The first-order valence-electron chi connectivity index (χ1n) is 11.1. The molecule has 6 aromatic rings. The van der Waals surface area contributed by atoms with Gasteiger partial charge in [0.2, 0.25) is 11.8 Å². The molecule has 10 heteroatoms. The Hall–Kier alpha value is -4.57. The summed E-state index contributed by atoms with van der Waals surface area (Å²) < 4.78 is 13.1. The van der Waals surface area contributed by atoms with Gasteiger partial charge in [0.1, 0.15) is 0 Å². The maximum absolute atomic E-state index is 13.1. The molecule has 0 saturated heterocycles. The SMILES string of the molecule is O=c1c2ccccc2c(-c2nnc(SCc3nnc(-c4ccccc4)o3)o2)nn1Cc1ccccc1. The molecule has 36 heavy (non-hydrogen) atoms. The lowest BCUT2D eigenvalue weighted by Crippen LogP contribution is -2.24. The summed E-state index contributed by atoms with van der Waals surface area (Å²) in [6.45, 7) is 0.328. The molecule has 0 radical (unpaired) electrons. The van der Waals surface area contributed by atoms with E-state index in [1.54, 1.807) is 6.07 Å². The molecule has 0 amide bonds. The zero-order chi connectivity index (χ0) is 24.3. The average Bonchev–Trinajstić information content (AvgIpc) is 3.60. The molecule has 0 aliphatic carbocycles. The Kier molecular flexibility index (Phi) is 5.84. The van der Waals surface area contributed by atoms with Crippen LogP contribution in [0.1, 0.15) is 11.5 Å². The summed E-state index contributed by atoms with van der Waals surface area (Å²) in [7, 11) is 0. The van der Waals surface area contributed by atoms with E-state index < -0.39 is 0 Å². The van der Waals surface area contributed by atoms with Crippen molar-refractivity contribution in [1.29, 1.82) is 0 Å². The second-order valence-electron chi connectivity index (χ2n) is 7.87. The van der Waals surface area contributed by atoms with Crippen molar-refractivity contribution < 1.29 is 8.83 Å². The Morgan fingerprint density at radius 3 is 2.22 bits per heavy atom. The fourth-order valence-electron chi connectivity index (χ4n) is 3.75. The van der Waals surface area contributed by atoms with E-state index in [0.29, 0.717) is 45.8 Å². The van der Waals surface area contributed by atoms with Gasteiger partial charge in [-0.25, -0.2) is 4.68 Å². The molecule has 0 unspecified atom stereocenters. The average molecular weight is 495 g/mol. The molecular weight excluding hydrogens is 476 g/mol. The van der Waals surface area contributed by atoms with Gasteiger partial charge in [0.25, 0.3) is 16.7 Å². The van der Waals surface area contributed by atoms with Crippen LogP contribution in [0.5, 0.6) is 0 Å². The number of rotatable bonds is 7. The number of nitrogens with zero attached hydrogens (tertiary/aromatic N) is 6. The number of thioether (sulfide) groups is 1. The zero-order valence-electron chi connectivity index (χ0n) is 18.8. The van der Waals surface area contributed by atoms with Gasteiger partial charge in [-0.2, -0.15) is 5.10 Å². The van der Waals surface area contributed by atoms with E-state index in [4.69, 9.17) is 8.83 Å². The molecule has 0 bridgehead atoms. The third kappa shape index (κ3) is 4.41. The van der Waals surface area contributed by atoms with Gasteiger partial charge in [-0.3, -0.25) is 4.79 Å². The van der Waals surface area contributed by atoms with Crippen LogP contribution in [0.15, 0.2) is 104 Å². The maximum atomic E-state index is 13.1. The first-order valence-corrected chi connectivity index (χ1v) is 12.1. The van der Waals surface area contributed by atoms with Gasteiger partial charge in [-0.1, -0.05) is 78.5 Å². The van der Waals surface area contributed by atoms with Gasteiger partial charge >= 0.3 is 0 Å². The summed E-state index contributed by atoms with van der Waals surface area (Å²) in [5.41, 5.74) is 2.08. The lowest BCUT2D eigenvalue weighted by Gasteiger charge is -2.09. The molecule has 176 valence electrons. The van der Waals surface area contributed by atoms with E-state index in [1.807, 2.05) is 78.9 Å². The van der Waals surface area contributed by atoms with Crippen LogP contribution in [0.3, 0.4) is 0 Å². The van der Waals surface area contributed by atoms with Crippen LogP contribution < -0.4 is 5.56 Å². The Morgan fingerprint density at radius 1 is 0.722 bits per heavy atom. The Bertz CT molecular complexity index is 1700. The van der Waals surface area contributed by atoms with Crippen LogP contribution in [0, 0.1) is 0 Å². The van der Waals surface area contributed by atoms with E-state index in [9.17, 15) is 4.79 Å². The number of hydrogen-bond acceptors (Lipinski definition) is 9. The van der Waals surface area contributed by atoms with Gasteiger partial charge in [0.05, 0.1) is 17.7 Å². The van der Waals surface area contributed by atoms with Gasteiger partial charge in [0.15, 0.2) is 5.69 Å².